The molecule has 39 heavy (non-hydrogen) atoms. The van der Waals surface area contributed by atoms with Crippen LogP contribution in [0.4, 0.5) is 11.4 Å². The topological polar surface area (TPSA) is 264 Å². The van der Waals surface area contributed by atoms with Gasteiger partial charge in [0.15, 0.2) is 28.7 Å². The van der Waals surface area contributed by atoms with Crippen LogP contribution in [0.2, 0.25) is 0 Å². The Labute approximate surface area is 217 Å². The molecule has 0 aromatic heterocycles. The minimum Gasteiger partial charge on any atom is -0.297 e. The molecule has 208 valence electrons. The third-order valence-electron chi connectivity index (χ3n) is 5.60. The van der Waals surface area contributed by atoms with Crippen molar-refractivity contribution >= 4 is 37.2 Å². The fourth-order valence-corrected chi connectivity index (χ4v) is 6.99. The first-order valence-corrected chi connectivity index (χ1v) is 13.2. The molecule has 1 fully saturated rings. The van der Waals surface area contributed by atoms with Gasteiger partial charge in [0.1, 0.15) is 9.85 Å². The number of para-hydroxylation sites is 2. The number of ketones is 1. The van der Waals surface area contributed by atoms with Crippen LogP contribution in [-0.2, 0) is 24.8 Å². The van der Waals surface area contributed by atoms with E-state index >= 15 is 0 Å². The molecule has 1 saturated heterocycles. The Morgan fingerprint density at radius 3 is 1.28 bits per heavy atom. The molecule has 0 unspecified atom stereocenters. The number of Topliss-reactive ketones (excluding diaryl/α,β-unsaturated/α-hetero) is 1. The number of carbonyl (C=O) groups is 1. The van der Waals surface area contributed by atoms with Crippen molar-refractivity contribution in [2.24, 2.45) is 0 Å². The summed E-state index contributed by atoms with van der Waals surface area (Å²) in [5.74, 6) is -1.24. The quantitative estimate of drug-likeness (QED) is 0.224. The first kappa shape index (κ1) is 29.1. The molecule has 0 bridgehead atoms. The number of rotatable bonds is 8. The van der Waals surface area contributed by atoms with Gasteiger partial charge in [-0.25, -0.2) is 16.8 Å². The molecule has 0 amide bonds. The zero-order valence-electron chi connectivity index (χ0n) is 19.3. The normalized spacial score (nSPS) is 17.1. The van der Waals surface area contributed by atoms with Crippen LogP contribution in [0.25, 0.3) is 0 Å². The zero-order chi connectivity index (χ0) is 29.3. The zero-order valence-corrected chi connectivity index (χ0v) is 20.9. The lowest BCUT2D eigenvalue weighted by Crippen LogP contribution is -2.65. The van der Waals surface area contributed by atoms with Crippen LogP contribution < -0.4 is 0 Å². The van der Waals surface area contributed by atoms with E-state index in [1.807, 2.05) is 0 Å². The summed E-state index contributed by atoms with van der Waals surface area (Å²) in [6.07, 6.45) is 0. The molecule has 0 saturated carbocycles. The second-order valence-corrected chi connectivity index (χ2v) is 11.8. The van der Waals surface area contributed by atoms with Crippen LogP contribution >= 0.6 is 0 Å². The molecule has 0 aliphatic carbocycles. The van der Waals surface area contributed by atoms with Crippen LogP contribution in [0.15, 0.2) is 58.3 Å². The maximum atomic E-state index is 13.3. The number of carbonyl (C=O) groups excluding carboxylic acids is 1. The highest BCUT2D eigenvalue weighted by atomic mass is 32.2. The Morgan fingerprint density at radius 1 is 0.641 bits per heavy atom. The van der Waals surface area contributed by atoms with Gasteiger partial charge in [-0.15, -0.1) is 0 Å². The van der Waals surface area contributed by atoms with Crippen molar-refractivity contribution < 1.29 is 41.3 Å². The Bertz CT molecular complexity index is 1490. The summed E-state index contributed by atoms with van der Waals surface area (Å²) in [5, 5.41) is 46.8. The molecule has 1 heterocycles. The van der Waals surface area contributed by atoms with Crippen molar-refractivity contribution in [2.45, 2.75) is 15.5 Å². The Kier molecular flexibility index (Phi) is 7.73. The number of nitro benzene ring substituents is 2. The Morgan fingerprint density at radius 2 is 0.974 bits per heavy atom. The van der Waals surface area contributed by atoms with Crippen LogP contribution in [-0.4, -0.2) is 82.8 Å². The van der Waals surface area contributed by atoms with Gasteiger partial charge >= 0.3 is 5.66 Å². The van der Waals surface area contributed by atoms with Gasteiger partial charge in [0.05, 0.1) is 22.9 Å². The minimum absolute atomic E-state index is 0.00179. The van der Waals surface area contributed by atoms with E-state index in [1.54, 1.807) is 0 Å². The second kappa shape index (κ2) is 10.4. The van der Waals surface area contributed by atoms with Crippen molar-refractivity contribution in [1.82, 2.24) is 8.61 Å². The lowest BCUT2D eigenvalue weighted by molar-refractivity contribution is -0.794. The fourth-order valence-electron chi connectivity index (χ4n) is 3.74. The molecule has 1 aliphatic heterocycles. The smallest absolute Gasteiger partial charge is 0.297 e. The summed E-state index contributed by atoms with van der Waals surface area (Å²) in [5.41, 5.74) is -5.60. The van der Waals surface area contributed by atoms with Gasteiger partial charge in [0.25, 0.3) is 31.4 Å². The van der Waals surface area contributed by atoms with Gasteiger partial charge < -0.3 is 0 Å². The first-order chi connectivity index (χ1) is 18.1. The van der Waals surface area contributed by atoms with Gasteiger partial charge in [0.2, 0.25) is 0 Å². The van der Waals surface area contributed by atoms with E-state index in [4.69, 9.17) is 0 Å². The molecule has 0 N–H and O–H groups in total. The van der Waals surface area contributed by atoms with Gasteiger partial charge in [-0.2, -0.15) is 8.61 Å². The highest BCUT2D eigenvalue weighted by molar-refractivity contribution is 7.89. The standard InChI is InChI=1S/C18H16N6O13S2/c25-13-9-19(38(34,35)16-7-3-1-5-14(16)21(26)27)11-18(23(30)31,24(32)33)12-20(10-13)39(36,37)17-8-4-2-6-15(17)22(28)29/h1-8H,9-12H2. The highest BCUT2D eigenvalue weighted by Gasteiger charge is 2.63. The van der Waals surface area contributed by atoms with Crippen molar-refractivity contribution in [2.75, 3.05) is 26.2 Å². The third kappa shape index (κ3) is 5.27. The maximum absolute atomic E-state index is 13.3. The molecule has 21 heteroatoms. The number of hydrogen-bond donors (Lipinski definition) is 0. The minimum atomic E-state index is -5.17. The Balaban J connectivity index is 2.19. The van der Waals surface area contributed by atoms with E-state index in [9.17, 15) is 62.1 Å². The molecule has 3 rings (SSSR count). The van der Waals surface area contributed by atoms with Gasteiger partial charge in [0, 0.05) is 12.1 Å². The van der Waals surface area contributed by atoms with Crippen LogP contribution in [0.1, 0.15) is 0 Å². The molecular weight excluding hydrogens is 572 g/mol. The Hall–Kier alpha value is -4.47. The van der Waals surface area contributed by atoms with E-state index in [0.29, 0.717) is 0 Å². The molecule has 0 atom stereocenters. The van der Waals surface area contributed by atoms with Gasteiger partial charge in [-0.3, -0.25) is 45.3 Å². The third-order valence-corrected chi connectivity index (χ3v) is 9.28. The van der Waals surface area contributed by atoms with E-state index < -0.39 is 98.5 Å². The summed E-state index contributed by atoms with van der Waals surface area (Å²) in [6, 6.07) is 7.44. The summed E-state index contributed by atoms with van der Waals surface area (Å²) in [4.78, 5) is 52.3. The van der Waals surface area contributed by atoms with Crippen LogP contribution in [0, 0.1) is 40.5 Å². The number of hydrogen-bond acceptors (Lipinski definition) is 13. The summed E-state index contributed by atoms with van der Waals surface area (Å²) in [7, 11) is -10.3. The second-order valence-electron chi connectivity index (χ2n) is 8.03. The van der Waals surface area contributed by atoms with Crippen LogP contribution in [0.3, 0.4) is 0 Å². The molecule has 1 aliphatic rings. The molecule has 0 spiro atoms. The molecule has 19 nitrogen and oxygen atoms in total. The monoisotopic (exact) mass is 588 g/mol. The summed E-state index contributed by atoms with van der Waals surface area (Å²) in [6.45, 7) is -6.12. The number of nitrogens with zero attached hydrogens (tertiary/aromatic N) is 6. The van der Waals surface area contributed by atoms with Gasteiger partial charge in [-0.05, 0) is 12.1 Å². The fraction of sp³-hybridized carbons (Fsp3) is 0.278. The summed E-state index contributed by atoms with van der Waals surface area (Å²) < 4.78 is 53.2. The lowest BCUT2D eigenvalue weighted by Gasteiger charge is -2.31. The largest absolute Gasteiger partial charge is 0.484 e. The van der Waals surface area contributed by atoms with E-state index in [2.05, 4.69) is 0 Å². The first-order valence-electron chi connectivity index (χ1n) is 10.3. The van der Waals surface area contributed by atoms with Gasteiger partial charge in [-0.1, -0.05) is 24.3 Å². The summed E-state index contributed by atoms with van der Waals surface area (Å²) >= 11 is 0. The van der Waals surface area contributed by atoms with Crippen molar-refractivity contribution in [1.29, 1.82) is 0 Å². The molecular formula is C18H16N6O13S2. The number of benzene rings is 2. The predicted molar refractivity (Wildman–Crippen MR) is 125 cm³/mol. The van der Waals surface area contributed by atoms with Crippen LogP contribution in [0.5, 0.6) is 0 Å². The van der Waals surface area contributed by atoms with E-state index in [1.165, 1.54) is 0 Å². The average Bonchev–Trinajstić information content (AvgIpc) is 2.85. The number of nitro groups is 4. The molecule has 2 aromatic carbocycles. The highest BCUT2D eigenvalue weighted by Crippen LogP contribution is 2.32. The van der Waals surface area contributed by atoms with E-state index in [-0.39, 0.29) is 8.61 Å². The van der Waals surface area contributed by atoms with Crippen molar-refractivity contribution in [3.8, 4) is 0 Å². The predicted octanol–water partition coefficient (Wildman–Crippen LogP) is 0.0170. The van der Waals surface area contributed by atoms with Crippen molar-refractivity contribution in [3.05, 3.63) is 89.0 Å². The number of sulfonamides is 2. The maximum Gasteiger partial charge on any atom is 0.484 e. The van der Waals surface area contributed by atoms with Crippen molar-refractivity contribution in [3.63, 3.8) is 0 Å². The SMILES string of the molecule is O=C1CN(S(=O)(=O)c2ccccc2[N+](=O)[O-])CC([N+](=O)[O-])([N+](=O)[O-])CN(S(=O)(=O)c2ccccc2[N+](=O)[O-])C1. The van der Waals surface area contributed by atoms with E-state index in [0.717, 1.165) is 48.5 Å². The molecule has 0 radical (unpaired) electrons. The lowest BCUT2D eigenvalue weighted by atomic mass is 10.1. The average molecular weight is 588 g/mol. The molecule has 2 aromatic rings.